The van der Waals surface area contributed by atoms with E-state index < -0.39 is 0 Å². The molecule has 2 nitrogen and oxygen atoms in total. The highest BCUT2D eigenvalue weighted by atomic mass is 19.1. The molecule has 0 amide bonds. The van der Waals surface area contributed by atoms with Gasteiger partial charge in [-0.1, -0.05) is 32.8 Å². The normalized spacial score (nSPS) is 11.1. The average Bonchev–Trinajstić information content (AvgIpc) is 2.42. The smallest absolute Gasteiger partial charge is 0.130 e. The maximum atomic E-state index is 13.7. The molecule has 1 aromatic rings. The second-order valence-electron chi connectivity index (χ2n) is 5.72. The van der Waals surface area contributed by atoms with Crippen LogP contribution in [0.2, 0.25) is 0 Å². The van der Waals surface area contributed by atoms with Gasteiger partial charge in [-0.3, -0.25) is 0 Å². The summed E-state index contributed by atoms with van der Waals surface area (Å²) in [5, 5.41) is 3.44. The molecule has 20 heavy (non-hydrogen) atoms. The SMILES string of the molecule is COc1ccc(CCCCCCNCC(C)C)c(F)c1. The van der Waals surface area contributed by atoms with Gasteiger partial charge in [0.2, 0.25) is 0 Å². The Labute approximate surface area is 122 Å². The van der Waals surface area contributed by atoms with Gasteiger partial charge in [-0.15, -0.1) is 0 Å². The summed E-state index contributed by atoms with van der Waals surface area (Å²) < 4.78 is 18.7. The van der Waals surface area contributed by atoms with Gasteiger partial charge in [0, 0.05) is 6.07 Å². The summed E-state index contributed by atoms with van der Waals surface area (Å²) in [7, 11) is 1.56. The molecule has 0 aromatic heterocycles. The van der Waals surface area contributed by atoms with Crippen molar-refractivity contribution in [3.8, 4) is 5.75 Å². The standard InChI is InChI=1S/C17H28FNO/c1-14(2)13-19-11-7-5-4-6-8-15-9-10-16(20-3)12-17(15)18/h9-10,12,14,19H,4-8,11,13H2,1-3H3. The van der Waals surface area contributed by atoms with Gasteiger partial charge in [0.05, 0.1) is 7.11 Å². The molecule has 0 radical (unpaired) electrons. The molecular formula is C17H28FNO. The van der Waals surface area contributed by atoms with Crippen LogP contribution in [0, 0.1) is 11.7 Å². The molecule has 114 valence electrons. The molecule has 0 aliphatic carbocycles. The topological polar surface area (TPSA) is 21.3 Å². The third kappa shape index (κ3) is 6.90. The first-order chi connectivity index (χ1) is 9.63. The van der Waals surface area contributed by atoms with Crippen molar-refractivity contribution in [2.24, 2.45) is 5.92 Å². The van der Waals surface area contributed by atoms with E-state index in [1.165, 1.54) is 18.9 Å². The fourth-order valence-corrected chi connectivity index (χ4v) is 2.17. The Kier molecular flexibility index (Phi) is 8.28. The van der Waals surface area contributed by atoms with Crippen molar-refractivity contribution in [3.05, 3.63) is 29.6 Å². The van der Waals surface area contributed by atoms with Gasteiger partial charge in [-0.05, 0) is 49.9 Å². The summed E-state index contributed by atoms with van der Waals surface area (Å²) in [6.07, 6.45) is 5.44. The molecule has 0 atom stereocenters. The molecular weight excluding hydrogens is 253 g/mol. The fraction of sp³-hybridized carbons (Fsp3) is 0.647. The van der Waals surface area contributed by atoms with Crippen molar-refractivity contribution in [2.75, 3.05) is 20.2 Å². The lowest BCUT2D eigenvalue weighted by molar-refractivity contribution is 0.410. The first-order valence-electron chi connectivity index (χ1n) is 7.66. The Balaban J connectivity index is 2.09. The van der Waals surface area contributed by atoms with Gasteiger partial charge in [-0.25, -0.2) is 4.39 Å². The van der Waals surface area contributed by atoms with E-state index in [4.69, 9.17) is 4.74 Å². The van der Waals surface area contributed by atoms with E-state index >= 15 is 0 Å². The summed E-state index contributed by atoms with van der Waals surface area (Å²) in [5.41, 5.74) is 0.795. The quantitative estimate of drug-likeness (QED) is 0.650. The highest BCUT2D eigenvalue weighted by molar-refractivity contribution is 5.28. The van der Waals surface area contributed by atoms with Crippen LogP contribution in [0.25, 0.3) is 0 Å². The summed E-state index contributed by atoms with van der Waals surface area (Å²) in [6.45, 7) is 6.62. The zero-order chi connectivity index (χ0) is 14.8. The molecule has 1 N–H and O–H groups in total. The van der Waals surface area contributed by atoms with Crippen molar-refractivity contribution in [2.45, 2.75) is 46.0 Å². The van der Waals surface area contributed by atoms with Crippen LogP contribution in [0.15, 0.2) is 18.2 Å². The number of methoxy groups -OCH3 is 1. The number of hydrogen-bond donors (Lipinski definition) is 1. The minimum atomic E-state index is -0.150. The molecule has 0 spiro atoms. The first kappa shape index (κ1) is 17.0. The van der Waals surface area contributed by atoms with Gasteiger partial charge in [0.25, 0.3) is 0 Å². The van der Waals surface area contributed by atoms with Crippen molar-refractivity contribution in [1.82, 2.24) is 5.32 Å². The van der Waals surface area contributed by atoms with E-state index in [0.717, 1.165) is 37.9 Å². The molecule has 0 fully saturated rings. The zero-order valence-corrected chi connectivity index (χ0v) is 13.0. The maximum Gasteiger partial charge on any atom is 0.130 e. The molecule has 1 rings (SSSR count). The Morgan fingerprint density at radius 3 is 2.55 bits per heavy atom. The number of aryl methyl sites for hydroxylation is 1. The predicted octanol–water partition coefficient (Wildman–Crippen LogP) is 4.18. The number of unbranched alkanes of at least 4 members (excludes halogenated alkanes) is 3. The van der Waals surface area contributed by atoms with Crippen LogP contribution in [-0.2, 0) is 6.42 Å². The van der Waals surface area contributed by atoms with Crippen molar-refractivity contribution in [3.63, 3.8) is 0 Å². The van der Waals surface area contributed by atoms with Gasteiger partial charge >= 0.3 is 0 Å². The Morgan fingerprint density at radius 2 is 1.90 bits per heavy atom. The van der Waals surface area contributed by atoms with Crippen LogP contribution in [-0.4, -0.2) is 20.2 Å². The maximum absolute atomic E-state index is 13.7. The second kappa shape index (κ2) is 9.76. The average molecular weight is 281 g/mol. The number of hydrogen-bond acceptors (Lipinski definition) is 2. The van der Waals surface area contributed by atoms with E-state index in [1.54, 1.807) is 7.11 Å². The van der Waals surface area contributed by atoms with Gasteiger partial charge in [-0.2, -0.15) is 0 Å². The van der Waals surface area contributed by atoms with E-state index in [0.29, 0.717) is 11.7 Å². The summed E-state index contributed by atoms with van der Waals surface area (Å²) in [6, 6.07) is 5.12. The summed E-state index contributed by atoms with van der Waals surface area (Å²) in [4.78, 5) is 0. The van der Waals surface area contributed by atoms with Crippen molar-refractivity contribution in [1.29, 1.82) is 0 Å². The Hall–Kier alpha value is -1.09. The number of halogens is 1. The highest BCUT2D eigenvalue weighted by Crippen LogP contribution is 2.18. The van der Waals surface area contributed by atoms with Crippen LogP contribution >= 0.6 is 0 Å². The zero-order valence-electron chi connectivity index (χ0n) is 13.0. The largest absolute Gasteiger partial charge is 0.497 e. The molecule has 0 saturated heterocycles. The predicted molar refractivity (Wildman–Crippen MR) is 82.8 cm³/mol. The lowest BCUT2D eigenvalue weighted by Gasteiger charge is -2.07. The molecule has 1 aromatic carbocycles. The van der Waals surface area contributed by atoms with Crippen LogP contribution in [0.5, 0.6) is 5.75 Å². The van der Waals surface area contributed by atoms with Gasteiger partial charge in [0.1, 0.15) is 11.6 Å². The number of benzene rings is 1. The van der Waals surface area contributed by atoms with Crippen LogP contribution in [0.3, 0.4) is 0 Å². The van der Waals surface area contributed by atoms with Gasteiger partial charge in [0.15, 0.2) is 0 Å². The fourth-order valence-electron chi connectivity index (χ4n) is 2.17. The number of ether oxygens (including phenoxy) is 1. The molecule has 0 saturated carbocycles. The van der Waals surface area contributed by atoms with Crippen molar-refractivity contribution < 1.29 is 9.13 Å². The second-order valence-corrected chi connectivity index (χ2v) is 5.72. The minimum Gasteiger partial charge on any atom is -0.497 e. The minimum absolute atomic E-state index is 0.150. The summed E-state index contributed by atoms with van der Waals surface area (Å²) >= 11 is 0. The third-order valence-electron chi connectivity index (χ3n) is 3.36. The molecule has 0 aliphatic heterocycles. The first-order valence-corrected chi connectivity index (χ1v) is 7.66. The highest BCUT2D eigenvalue weighted by Gasteiger charge is 2.03. The molecule has 0 bridgehead atoms. The number of rotatable bonds is 10. The lowest BCUT2D eigenvalue weighted by Crippen LogP contribution is -2.20. The van der Waals surface area contributed by atoms with Crippen LogP contribution in [0.1, 0.15) is 45.1 Å². The molecule has 0 aliphatic rings. The number of nitrogens with one attached hydrogen (secondary N) is 1. The third-order valence-corrected chi connectivity index (χ3v) is 3.36. The monoisotopic (exact) mass is 281 g/mol. The van der Waals surface area contributed by atoms with E-state index in [-0.39, 0.29) is 5.82 Å². The van der Waals surface area contributed by atoms with Gasteiger partial charge < -0.3 is 10.1 Å². The Morgan fingerprint density at radius 1 is 1.15 bits per heavy atom. The van der Waals surface area contributed by atoms with Crippen molar-refractivity contribution >= 4 is 0 Å². The molecule has 0 unspecified atom stereocenters. The Bertz CT molecular complexity index is 379. The van der Waals surface area contributed by atoms with Crippen LogP contribution < -0.4 is 10.1 Å². The summed E-state index contributed by atoms with van der Waals surface area (Å²) in [5.74, 6) is 1.15. The van der Waals surface area contributed by atoms with E-state index in [2.05, 4.69) is 19.2 Å². The van der Waals surface area contributed by atoms with E-state index in [9.17, 15) is 4.39 Å². The van der Waals surface area contributed by atoms with E-state index in [1.807, 2.05) is 12.1 Å². The van der Waals surface area contributed by atoms with Crippen LogP contribution in [0.4, 0.5) is 4.39 Å². The molecule has 0 heterocycles. The lowest BCUT2D eigenvalue weighted by atomic mass is 10.1. The molecule has 3 heteroatoms.